The van der Waals surface area contributed by atoms with Gasteiger partial charge in [0.05, 0.1) is 17.6 Å². The summed E-state index contributed by atoms with van der Waals surface area (Å²) in [7, 11) is 0. The van der Waals surface area contributed by atoms with Gasteiger partial charge in [-0.2, -0.15) is 0 Å². The van der Waals surface area contributed by atoms with Crippen LogP contribution in [0.3, 0.4) is 0 Å². The van der Waals surface area contributed by atoms with Crippen LogP contribution in [0.25, 0.3) is 5.70 Å². The third-order valence-corrected chi connectivity index (χ3v) is 7.92. The van der Waals surface area contributed by atoms with E-state index < -0.39 is 21.5 Å². The van der Waals surface area contributed by atoms with Crippen LogP contribution in [0.1, 0.15) is 20.3 Å². The fourth-order valence-electron chi connectivity index (χ4n) is 3.32. The molecule has 10 nitrogen and oxygen atoms in total. The van der Waals surface area contributed by atoms with E-state index >= 15 is 0 Å². The first-order chi connectivity index (χ1) is 15.8. The number of halogens is 1. The average Bonchev–Trinajstić information content (AvgIpc) is 3.41. The second-order valence-corrected chi connectivity index (χ2v) is 11.4. The smallest absolute Gasteiger partial charge is 0.0990 e. The molecule has 1 aromatic rings. The first kappa shape index (κ1) is 25.8. The van der Waals surface area contributed by atoms with Crippen molar-refractivity contribution in [3.63, 3.8) is 0 Å². The summed E-state index contributed by atoms with van der Waals surface area (Å²) in [6.07, 6.45) is 13.5. The molecule has 3 rings (SSSR count). The Kier molecular flexibility index (Phi) is 9.85. The first-order valence-electron chi connectivity index (χ1n) is 10.4. The predicted molar refractivity (Wildman–Crippen MR) is 130 cm³/mol. The minimum Gasteiger partial charge on any atom is -0.307 e. The third-order valence-electron chi connectivity index (χ3n) is 4.89. The summed E-state index contributed by atoms with van der Waals surface area (Å²) in [6, 6.07) is -0.267. The molecule has 3 unspecified atom stereocenters. The van der Waals surface area contributed by atoms with E-state index in [2.05, 4.69) is 45.2 Å². The molecule has 1 aromatic heterocycles. The molecular weight excluding hydrogens is 555 g/mol. The first-order valence-corrected chi connectivity index (χ1v) is 13.3. The molecular formula is C21H29IN8O2S-2. The third kappa shape index (κ3) is 7.88. The minimum absolute atomic E-state index is 0.00929. The topological polar surface area (TPSA) is 139 Å². The molecule has 2 aliphatic heterocycles. The van der Waals surface area contributed by atoms with Gasteiger partial charge in [-0.15, -0.1) is 11.8 Å². The molecule has 0 fully saturated rings. The zero-order valence-electron chi connectivity index (χ0n) is 18.6. The van der Waals surface area contributed by atoms with Crippen LogP contribution in [0, 0.1) is 5.21 Å². The van der Waals surface area contributed by atoms with Crippen LogP contribution in [0.15, 0.2) is 67.7 Å². The molecule has 3 heterocycles. The van der Waals surface area contributed by atoms with Gasteiger partial charge in [0.2, 0.25) is 0 Å². The molecule has 2 aliphatic rings. The van der Waals surface area contributed by atoms with Gasteiger partial charge in [0.25, 0.3) is 0 Å². The maximum absolute atomic E-state index is 10.7. The predicted octanol–water partition coefficient (Wildman–Crippen LogP) is -0.941. The van der Waals surface area contributed by atoms with Crippen LogP contribution >= 0.6 is 11.8 Å². The quantitative estimate of drug-likeness (QED) is 0.0691. The number of nitrogens with zero attached hydrogens (tertiary/aromatic N) is 5. The Hall–Kier alpha value is -1.81. The van der Waals surface area contributed by atoms with Gasteiger partial charge < -0.3 is 10.3 Å². The standard InChI is InChI=1S/C21H29IN8O2S/c1-14-10-15(2)33-21(14)20(23)18(29-9-8-24-13-29)12-27-16(3)25-6-7-26-19-5-4-17(11-28-19)22-30(31)32/h4,8-13,19-21,26,31H,1,5-7,23H2,2-3H3,(H,25,27)/q-2/b18-12+. The van der Waals surface area contributed by atoms with Gasteiger partial charge in [-0.25, -0.2) is 4.98 Å². The fourth-order valence-corrected chi connectivity index (χ4v) is 5.66. The van der Waals surface area contributed by atoms with E-state index in [0.29, 0.717) is 19.5 Å². The van der Waals surface area contributed by atoms with Crippen LogP contribution in [-0.2, 0) is 0 Å². The SMILES string of the molecule is C=C1C=C(C)SC1C(N)/C(=C\NC(C)=NCCNC1CC=C([I-]N([O-])O)C=N1)n1ccnc1. The number of aromatic nitrogens is 2. The number of aliphatic imine (C=N–C) groups is 2. The summed E-state index contributed by atoms with van der Waals surface area (Å²) in [6.45, 7) is 9.37. The van der Waals surface area contributed by atoms with Crippen molar-refractivity contribution in [1.29, 1.82) is 0 Å². The van der Waals surface area contributed by atoms with Gasteiger partial charge in [0.15, 0.2) is 0 Å². The van der Waals surface area contributed by atoms with E-state index in [-0.39, 0.29) is 20.9 Å². The largest absolute Gasteiger partial charge is 0.307 e. The van der Waals surface area contributed by atoms with Crippen LogP contribution < -0.4 is 37.8 Å². The molecule has 180 valence electrons. The Morgan fingerprint density at radius 2 is 2.42 bits per heavy atom. The summed E-state index contributed by atoms with van der Waals surface area (Å²) in [5.41, 5.74) is 8.52. The molecule has 0 aliphatic carbocycles. The Balaban J connectivity index is 1.51. The molecule has 0 radical (unpaired) electrons. The molecule has 0 amide bonds. The van der Waals surface area contributed by atoms with Gasteiger partial charge in [0, 0.05) is 12.4 Å². The number of nitrogens with one attached hydrogen (secondary N) is 2. The number of allylic oxidation sites excluding steroid dienone is 3. The molecule has 3 atom stereocenters. The number of hydrogen-bond acceptors (Lipinski definition) is 9. The normalized spacial score (nSPS) is 22.7. The number of dihydropyridines is 1. The van der Waals surface area contributed by atoms with Crippen molar-refractivity contribution < 1.29 is 26.7 Å². The van der Waals surface area contributed by atoms with Crippen molar-refractivity contribution in [1.82, 2.24) is 23.6 Å². The summed E-state index contributed by atoms with van der Waals surface area (Å²) in [5, 5.41) is 26.2. The van der Waals surface area contributed by atoms with Crippen molar-refractivity contribution in [3.8, 4) is 0 Å². The molecule has 0 bridgehead atoms. The maximum Gasteiger partial charge on any atom is 0.0990 e. The molecule has 0 aromatic carbocycles. The van der Waals surface area contributed by atoms with Crippen molar-refractivity contribution in [2.45, 2.75) is 37.7 Å². The number of amidine groups is 1. The van der Waals surface area contributed by atoms with Gasteiger partial charge >= 0.3 is 122 Å². The summed E-state index contributed by atoms with van der Waals surface area (Å²) >= 11 is 0.646. The van der Waals surface area contributed by atoms with Gasteiger partial charge in [-0.1, -0.05) is 6.58 Å². The number of hydrogen-bond donors (Lipinski definition) is 4. The Labute approximate surface area is 208 Å². The monoisotopic (exact) mass is 584 g/mol. The van der Waals surface area contributed by atoms with E-state index in [4.69, 9.17) is 10.9 Å². The van der Waals surface area contributed by atoms with Crippen molar-refractivity contribution in [2.75, 3.05) is 13.1 Å². The second-order valence-electron chi connectivity index (χ2n) is 7.43. The van der Waals surface area contributed by atoms with Crippen molar-refractivity contribution in [3.05, 3.63) is 62.9 Å². The van der Waals surface area contributed by atoms with Gasteiger partial charge in [-0.05, 0) is 23.5 Å². The minimum atomic E-state index is -1.08. The zero-order chi connectivity index (χ0) is 23.8. The average molecular weight is 584 g/mol. The molecule has 0 spiro atoms. The zero-order valence-corrected chi connectivity index (χ0v) is 21.5. The van der Waals surface area contributed by atoms with Gasteiger partial charge in [0.1, 0.15) is 0 Å². The van der Waals surface area contributed by atoms with Crippen LogP contribution in [-0.4, -0.2) is 60.8 Å². The molecule has 33 heavy (non-hydrogen) atoms. The van der Waals surface area contributed by atoms with E-state index in [9.17, 15) is 5.21 Å². The molecule has 12 heteroatoms. The van der Waals surface area contributed by atoms with E-state index in [1.165, 1.54) is 4.91 Å². The number of imidazole rings is 1. The Bertz CT molecular complexity index is 971. The molecule has 0 saturated heterocycles. The summed E-state index contributed by atoms with van der Waals surface area (Å²) in [4.78, 5) is 14.3. The van der Waals surface area contributed by atoms with E-state index in [1.54, 1.807) is 30.5 Å². The Morgan fingerprint density at radius 3 is 3.03 bits per heavy atom. The second kappa shape index (κ2) is 12.6. The molecule has 5 N–H and O–H groups in total. The van der Waals surface area contributed by atoms with Crippen LogP contribution in [0.2, 0.25) is 0 Å². The Morgan fingerprint density at radius 1 is 1.61 bits per heavy atom. The number of nitrogens with two attached hydrogens (primary N) is 1. The summed E-state index contributed by atoms with van der Waals surface area (Å²) in [5.74, 6) is 0.770. The number of thioether (sulfide) groups is 1. The van der Waals surface area contributed by atoms with Crippen molar-refractivity contribution >= 4 is 29.5 Å². The summed E-state index contributed by atoms with van der Waals surface area (Å²) < 4.78 is 2.73. The molecule has 0 saturated carbocycles. The van der Waals surface area contributed by atoms with Gasteiger partial charge in [-0.3, -0.25) is 0 Å². The van der Waals surface area contributed by atoms with Crippen LogP contribution in [0.4, 0.5) is 0 Å². The van der Waals surface area contributed by atoms with Crippen molar-refractivity contribution in [2.24, 2.45) is 15.7 Å². The van der Waals surface area contributed by atoms with E-state index in [1.807, 2.05) is 30.0 Å². The number of rotatable bonds is 10. The van der Waals surface area contributed by atoms with Crippen LogP contribution in [0.5, 0.6) is 0 Å². The maximum atomic E-state index is 10.7. The van der Waals surface area contributed by atoms with E-state index in [0.717, 1.165) is 20.7 Å². The fraction of sp³-hybridized carbons (Fsp3) is 0.381.